The maximum Gasteiger partial charge on any atom is 0.192 e. The van der Waals surface area contributed by atoms with Gasteiger partial charge in [-0.15, -0.1) is 0 Å². The Kier molecular flexibility index (Phi) is 17.5. The monoisotopic (exact) mass is 820 g/mol. The average Bonchev–Trinajstić information content (AvgIpc) is 3.15. The van der Waals surface area contributed by atoms with Gasteiger partial charge in [-0.1, -0.05) is 96.1 Å². The molecule has 10 heteroatoms. The van der Waals surface area contributed by atoms with E-state index in [0.717, 1.165) is 46.8 Å². The lowest BCUT2D eigenvalue weighted by Gasteiger charge is -2.43. The zero-order valence-electron chi connectivity index (χ0n) is 37.0. The van der Waals surface area contributed by atoms with E-state index in [4.69, 9.17) is 37.3 Å². The van der Waals surface area contributed by atoms with Gasteiger partial charge in [0.2, 0.25) is 0 Å². The molecule has 0 unspecified atom stereocenters. The molecule has 4 atom stereocenters. The third-order valence-corrected chi connectivity index (χ3v) is 20.8. The molecule has 0 bridgehead atoms. The van der Waals surface area contributed by atoms with Crippen molar-refractivity contribution < 1.29 is 37.3 Å². The molecule has 3 aromatic carbocycles. The molecule has 3 aromatic rings. The van der Waals surface area contributed by atoms with Crippen molar-refractivity contribution in [2.24, 2.45) is 0 Å². The lowest BCUT2D eigenvalue weighted by atomic mass is 10.0. The molecule has 1 aliphatic heterocycles. The van der Waals surface area contributed by atoms with Crippen LogP contribution >= 0.6 is 0 Å². The van der Waals surface area contributed by atoms with Crippen LogP contribution in [0.3, 0.4) is 0 Å². The highest BCUT2D eigenvalue weighted by Gasteiger charge is 2.43. The summed E-state index contributed by atoms with van der Waals surface area (Å²) in [5, 5.41) is 0.0869. The van der Waals surface area contributed by atoms with Gasteiger partial charge in [0.05, 0.1) is 58.6 Å². The van der Waals surface area contributed by atoms with Crippen molar-refractivity contribution >= 4 is 16.6 Å². The van der Waals surface area contributed by atoms with Gasteiger partial charge in [-0.25, -0.2) is 0 Å². The predicted molar refractivity (Wildman–Crippen MR) is 236 cm³/mol. The van der Waals surface area contributed by atoms with Gasteiger partial charge in [0.1, 0.15) is 17.6 Å². The summed E-state index contributed by atoms with van der Waals surface area (Å²) in [6, 6.07) is 26.4. The molecule has 1 heterocycles. The molecule has 57 heavy (non-hydrogen) atoms. The summed E-state index contributed by atoms with van der Waals surface area (Å²) in [5.74, 6) is 2.56. The molecule has 0 N–H and O–H groups in total. The van der Waals surface area contributed by atoms with E-state index in [1.807, 2.05) is 42.5 Å². The van der Waals surface area contributed by atoms with E-state index in [9.17, 15) is 0 Å². The van der Waals surface area contributed by atoms with Crippen LogP contribution in [0.4, 0.5) is 0 Å². The van der Waals surface area contributed by atoms with E-state index < -0.39 is 16.6 Å². The minimum atomic E-state index is -2.20. The van der Waals surface area contributed by atoms with Crippen molar-refractivity contribution in [3.8, 4) is 11.5 Å². The number of methoxy groups -OCH3 is 2. The van der Waals surface area contributed by atoms with Crippen molar-refractivity contribution in [3.05, 3.63) is 107 Å². The molecule has 4 rings (SSSR count). The maximum absolute atomic E-state index is 7.31. The molecule has 0 amide bonds. The fourth-order valence-corrected chi connectivity index (χ4v) is 8.97. The number of ether oxygens (including phenoxy) is 6. The first kappa shape index (κ1) is 46.7. The van der Waals surface area contributed by atoms with E-state index in [0.29, 0.717) is 45.9 Å². The largest absolute Gasteiger partial charge is 0.497 e. The Hall–Kier alpha value is -2.97. The van der Waals surface area contributed by atoms with Crippen molar-refractivity contribution in [1.82, 2.24) is 0 Å². The summed E-state index contributed by atoms with van der Waals surface area (Å²) >= 11 is 0. The SMILES string of the molecule is COc1ccc(COCC[C@H](C[C@@H](CC2=C[C@@H](OCc3ccc(OC)cc3)C[C@@H](COCc3ccccc3)O2)O[Si](C)(C)C(C)(C)C)O[Si](C)(C)C(C)(C)C)cc1. The van der Waals surface area contributed by atoms with Crippen molar-refractivity contribution in [2.75, 3.05) is 27.4 Å². The minimum Gasteiger partial charge on any atom is -0.497 e. The second-order valence-corrected chi connectivity index (χ2v) is 27.9. The van der Waals surface area contributed by atoms with Crippen LogP contribution < -0.4 is 9.47 Å². The van der Waals surface area contributed by atoms with Crippen LogP contribution in [0.2, 0.25) is 36.3 Å². The fourth-order valence-electron chi connectivity index (χ4n) is 6.21. The Balaban J connectivity index is 1.56. The van der Waals surface area contributed by atoms with Crippen LogP contribution in [-0.4, -0.2) is 68.5 Å². The quantitative estimate of drug-likeness (QED) is 0.0733. The Morgan fingerprint density at radius 3 is 1.70 bits per heavy atom. The van der Waals surface area contributed by atoms with Gasteiger partial charge in [-0.3, -0.25) is 0 Å². The lowest BCUT2D eigenvalue weighted by Crippen LogP contribution is -2.47. The predicted octanol–water partition coefficient (Wildman–Crippen LogP) is 11.6. The zero-order valence-corrected chi connectivity index (χ0v) is 39.0. The number of benzene rings is 3. The molecular formula is C47H72O8Si2. The summed E-state index contributed by atoms with van der Waals surface area (Å²) in [6.45, 7) is 25.7. The van der Waals surface area contributed by atoms with Gasteiger partial charge in [-0.2, -0.15) is 0 Å². The van der Waals surface area contributed by atoms with Crippen LogP contribution in [0.15, 0.2) is 90.7 Å². The van der Waals surface area contributed by atoms with Gasteiger partial charge in [0, 0.05) is 25.6 Å². The van der Waals surface area contributed by atoms with Crippen LogP contribution in [0.1, 0.15) is 83.9 Å². The van der Waals surface area contributed by atoms with E-state index >= 15 is 0 Å². The lowest BCUT2D eigenvalue weighted by molar-refractivity contribution is -0.0501. The molecule has 0 saturated heterocycles. The third kappa shape index (κ3) is 15.3. The molecule has 0 aliphatic carbocycles. The Morgan fingerprint density at radius 2 is 1.16 bits per heavy atom. The summed E-state index contributed by atoms with van der Waals surface area (Å²) in [4.78, 5) is 0. The van der Waals surface area contributed by atoms with E-state index in [1.165, 1.54) is 0 Å². The van der Waals surface area contributed by atoms with Crippen molar-refractivity contribution in [3.63, 3.8) is 0 Å². The number of hydrogen-bond acceptors (Lipinski definition) is 8. The van der Waals surface area contributed by atoms with Gasteiger partial charge >= 0.3 is 0 Å². The standard InChI is InChI=1S/C47H72O8Si2/c1-46(2,3)56(9,10)54-41(26-27-50-32-37-18-22-39(48-7)23-19-37)28-44(55-57(11,12)47(4,5)6)31-43-29-42(52-34-38-20-24-40(49-8)25-21-38)30-45(53-43)35-51-33-36-16-14-13-15-17-36/h13-25,29,41-42,44-45H,26-28,30-35H2,1-12H3/t41-,42-,44+,45+/m1/s1. The molecule has 0 radical (unpaired) electrons. The minimum absolute atomic E-state index is 0.0299. The number of hydrogen-bond donors (Lipinski definition) is 0. The Bertz CT molecular complexity index is 1630. The first-order chi connectivity index (χ1) is 26.9. The van der Waals surface area contributed by atoms with Crippen LogP contribution in [0.25, 0.3) is 0 Å². The first-order valence-electron chi connectivity index (χ1n) is 20.7. The molecular weight excluding hydrogens is 749 g/mol. The molecule has 0 spiro atoms. The van der Waals surface area contributed by atoms with Gasteiger partial charge in [0.25, 0.3) is 0 Å². The molecule has 0 aromatic heterocycles. The second-order valence-electron chi connectivity index (χ2n) is 18.4. The van der Waals surface area contributed by atoms with Crippen molar-refractivity contribution in [1.29, 1.82) is 0 Å². The second kappa shape index (κ2) is 21.3. The van der Waals surface area contributed by atoms with Crippen molar-refractivity contribution in [2.45, 2.75) is 148 Å². The van der Waals surface area contributed by atoms with Crippen LogP contribution in [-0.2, 0) is 47.6 Å². The Labute approximate surface area is 346 Å². The summed E-state index contributed by atoms with van der Waals surface area (Å²) in [7, 11) is -0.968. The average molecular weight is 821 g/mol. The van der Waals surface area contributed by atoms with E-state index in [1.54, 1.807) is 14.2 Å². The van der Waals surface area contributed by atoms with E-state index in [2.05, 4.69) is 110 Å². The molecule has 8 nitrogen and oxygen atoms in total. The summed E-state index contributed by atoms with van der Waals surface area (Å²) in [5.41, 5.74) is 3.34. The fraction of sp³-hybridized carbons (Fsp3) is 0.574. The van der Waals surface area contributed by atoms with Gasteiger partial charge in [0.15, 0.2) is 16.6 Å². The topological polar surface area (TPSA) is 73.8 Å². The molecule has 0 fully saturated rings. The van der Waals surface area contributed by atoms with Crippen LogP contribution in [0, 0.1) is 0 Å². The highest BCUT2D eigenvalue weighted by Crippen LogP contribution is 2.41. The highest BCUT2D eigenvalue weighted by atomic mass is 28.4. The normalized spacial score (nSPS) is 17.7. The highest BCUT2D eigenvalue weighted by molar-refractivity contribution is 6.74. The summed E-state index contributed by atoms with van der Waals surface area (Å²) < 4.78 is 51.1. The Morgan fingerprint density at radius 1 is 0.649 bits per heavy atom. The van der Waals surface area contributed by atoms with Crippen LogP contribution in [0.5, 0.6) is 11.5 Å². The molecule has 1 aliphatic rings. The number of rotatable bonds is 22. The zero-order chi connectivity index (χ0) is 41.7. The molecule has 0 saturated carbocycles. The molecule has 316 valence electrons. The maximum atomic E-state index is 7.31. The summed E-state index contributed by atoms with van der Waals surface area (Å²) in [6.07, 6.45) is 4.52. The smallest absolute Gasteiger partial charge is 0.192 e. The van der Waals surface area contributed by atoms with Gasteiger partial charge in [-0.05, 0) is 96.1 Å². The third-order valence-electron chi connectivity index (χ3n) is 11.7. The first-order valence-corrected chi connectivity index (χ1v) is 26.5. The van der Waals surface area contributed by atoms with Gasteiger partial charge < -0.3 is 37.3 Å². The van der Waals surface area contributed by atoms with E-state index in [-0.39, 0.29) is 34.5 Å².